The number of nitrogens with zero attached hydrogens (tertiary/aromatic N) is 1. The predicted octanol–water partition coefficient (Wildman–Crippen LogP) is 2.60. The molecule has 0 fully saturated rings. The molecule has 0 bridgehead atoms. The summed E-state index contributed by atoms with van der Waals surface area (Å²) in [5, 5.41) is 5.87. The van der Waals surface area contributed by atoms with Crippen LogP contribution in [0.4, 0.5) is 10.8 Å². The van der Waals surface area contributed by atoms with Gasteiger partial charge in [0.2, 0.25) is 0 Å². The average Bonchev–Trinajstić information content (AvgIpc) is 2.63. The summed E-state index contributed by atoms with van der Waals surface area (Å²) in [5.41, 5.74) is 1.79. The van der Waals surface area contributed by atoms with Crippen LogP contribution < -0.4 is 5.32 Å². The van der Waals surface area contributed by atoms with Crippen molar-refractivity contribution in [2.75, 3.05) is 11.6 Å². The first-order valence-electron chi connectivity index (χ1n) is 4.94. The van der Waals surface area contributed by atoms with Gasteiger partial charge in [-0.05, 0) is 31.2 Å². The van der Waals surface area contributed by atoms with Crippen molar-refractivity contribution in [3.8, 4) is 0 Å². The van der Waals surface area contributed by atoms with Gasteiger partial charge in [0.05, 0.1) is 10.6 Å². The van der Waals surface area contributed by atoms with Crippen LogP contribution in [0, 0.1) is 6.92 Å². The summed E-state index contributed by atoms with van der Waals surface area (Å²) >= 11 is 1.51. The maximum atomic E-state index is 11.3. The quantitative estimate of drug-likeness (QED) is 0.929. The van der Waals surface area contributed by atoms with Crippen LogP contribution in [-0.4, -0.2) is 19.7 Å². The van der Waals surface area contributed by atoms with Gasteiger partial charge in [0, 0.05) is 17.3 Å². The number of aryl methyl sites for hydroxylation is 1. The van der Waals surface area contributed by atoms with Crippen LogP contribution in [0.1, 0.15) is 5.69 Å². The smallest absolute Gasteiger partial charge is 0.187 e. The fourth-order valence-electron chi connectivity index (χ4n) is 1.32. The van der Waals surface area contributed by atoms with Gasteiger partial charge in [0.1, 0.15) is 0 Å². The number of sulfone groups is 1. The standard InChI is InChI=1S/C11H12N2O2S2/c1-8-7-16-11(12-8)13-9-3-5-10(6-4-9)17(2,14)15/h3-7H,1-2H3,(H,12,13). The van der Waals surface area contributed by atoms with Crippen molar-refractivity contribution in [2.24, 2.45) is 0 Å². The second-order valence-electron chi connectivity index (χ2n) is 3.72. The third kappa shape index (κ3) is 3.04. The highest BCUT2D eigenvalue weighted by molar-refractivity contribution is 7.90. The van der Waals surface area contributed by atoms with E-state index in [1.54, 1.807) is 24.3 Å². The summed E-state index contributed by atoms with van der Waals surface area (Å²) in [6.07, 6.45) is 1.19. The van der Waals surface area contributed by atoms with Crippen molar-refractivity contribution < 1.29 is 8.42 Å². The molecule has 1 aromatic carbocycles. The lowest BCUT2D eigenvalue weighted by Gasteiger charge is -2.03. The highest BCUT2D eigenvalue weighted by Crippen LogP contribution is 2.21. The molecule has 0 amide bonds. The van der Waals surface area contributed by atoms with E-state index in [2.05, 4.69) is 10.3 Å². The van der Waals surface area contributed by atoms with E-state index in [4.69, 9.17) is 0 Å². The first-order chi connectivity index (χ1) is 7.95. The number of hydrogen-bond donors (Lipinski definition) is 1. The largest absolute Gasteiger partial charge is 0.332 e. The van der Waals surface area contributed by atoms with Gasteiger partial charge in [0.15, 0.2) is 15.0 Å². The maximum Gasteiger partial charge on any atom is 0.187 e. The van der Waals surface area contributed by atoms with Crippen molar-refractivity contribution in [3.05, 3.63) is 35.3 Å². The van der Waals surface area contributed by atoms with Gasteiger partial charge in [-0.15, -0.1) is 11.3 Å². The molecule has 4 nitrogen and oxygen atoms in total. The Kier molecular flexibility index (Phi) is 3.17. The zero-order chi connectivity index (χ0) is 12.5. The van der Waals surface area contributed by atoms with E-state index < -0.39 is 9.84 Å². The highest BCUT2D eigenvalue weighted by atomic mass is 32.2. The molecule has 0 saturated heterocycles. The molecule has 90 valence electrons. The average molecular weight is 268 g/mol. The minimum absolute atomic E-state index is 0.318. The number of benzene rings is 1. The van der Waals surface area contributed by atoms with Crippen LogP contribution in [-0.2, 0) is 9.84 Å². The van der Waals surface area contributed by atoms with Crippen LogP contribution in [0.3, 0.4) is 0 Å². The zero-order valence-corrected chi connectivity index (χ0v) is 11.1. The second kappa shape index (κ2) is 4.46. The summed E-state index contributed by atoms with van der Waals surface area (Å²) < 4.78 is 22.6. The molecule has 1 heterocycles. The molecule has 0 aliphatic heterocycles. The molecule has 0 spiro atoms. The summed E-state index contributed by atoms with van der Waals surface area (Å²) in [6.45, 7) is 1.93. The van der Waals surface area contributed by atoms with Crippen LogP contribution >= 0.6 is 11.3 Å². The molecular formula is C11H12N2O2S2. The minimum Gasteiger partial charge on any atom is -0.332 e. The predicted molar refractivity (Wildman–Crippen MR) is 69.7 cm³/mol. The van der Waals surface area contributed by atoms with E-state index >= 15 is 0 Å². The Hall–Kier alpha value is -1.40. The van der Waals surface area contributed by atoms with Crippen LogP contribution in [0.2, 0.25) is 0 Å². The molecule has 17 heavy (non-hydrogen) atoms. The van der Waals surface area contributed by atoms with Gasteiger partial charge < -0.3 is 5.32 Å². The van der Waals surface area contributed by atoms with Crippen molar-refractivity contribution in [3.63, 3.8) is 0 Å². The summed E-state index contributed by atoms with van der Waals surface area (Å²) in [6, 6.07) is 6.62. The number of thiazole rings is 1. The van der Waals surface area contributed by atoms with E-state index in [9.17, 15) is 8.42 Å². The van der Waals surface area contributed by atoms with E-state index in [0.29, 0.717) is 4.90 Å². The maximum absolute atomic E-state index is 11.3. The highest BCUT2D eigenvalue weighted by Gasteiger charge is 2.06. The Morgan fingerprint density at radius 1 is 1.24 bits per heavy atom. The van der Waals surface area contributed by atoms with E-state index in [-0.39, 0.29) is 0 Å². The van der Waals surface area contributed by atoms with E-state index in [1.165, 1.54) is 17.6 Å². The Balaban J connectivity index is 2.19. The molecule has 0 atom stereocenters. The molecule has 1 N–H and O–H groups in total. The van der Waals surface area contributed by atoms with Gasteiger partial charge in [-0.2, -0.15) is 0 Å². The van der Waals surface area contributed by atoms with Gasteiger partial charge in [-0.3, -0.25) is 0 Å². The topological polar surface area (TPSA) is 59.1 Å². The number of nitrogens with one attached hydrogen (secondary N) is 1. The van der Waals surface area contributed by atoms with E-state index in [1.807, 2.05) is 12.3 Å². The van der Waals surface area contributed by atoms with Crippen LogP contribution in [0.15, 0.2) is 34.5 Å². The minimum atomic E-state index is -3.13. The van der Waals surface area contributed by atoms with Crippen molar-refractivity contribution in [1.82, 2.24) is 4.98 Å². The Morgan fingerprint density at radius 2 is 1.88 bits per heavy atom. The zero-order valence-electron chi connectivity index (χ0n) is 9.47. The fourth-order valence-corrected chi connectivity index (χ4v) is 2.66. The molecule has 0 radical (unpaired) electrons. The Labute approximate surface area is 104 Å². The molecule has 6 heteroatoms. The molecule has 1 aromatic heterocycles. The second-order valence-corrected chi connectivity index (χ2v) is 6.59. The third-order valence-electron chi connectivity index (χ3n) is 2.15. The SMILES string of the molecule is Cc1csc(Nc2ccc(S(C)(=O)=O)cc2)n1. The van der Waals surface area contributed by atoms with Gasteiger partial charge >= 0.3 is 0 Å². The molecule has 0 saturated carbocycles. The first kappa shape index (κ1) is 12.1. The normalized spacial score (nSPS) is 11.4. The van der Waals surface area contributed by atoms with Crippen molar-refractivity contribution >= 4 is 32.0 Å². The Morgan fingerprint density at radius 3 is 2.35 bits per heavy atom. The molecule has 0 aliphatic carbocycles. The number of anilines is 2. The summed E-state index contributed by atoms with van der Waals surface area (Å²) in [4.78, 5) is 4.58. The van der Waals surface area contributed by atoms with Crippen molar-refractivity contribution in [2.45, 2.75) is 11.8 Å². The Bertz CT molecular complexity index is 615. The summed E-state index contributed by atoms with van der Waals surface area (Å²) in [7, 11) is -3.13. The molecule has 2 aromatic rings. The fraction of sp³-hybridized carbons (Fsp3) is 0.182. The van der Waals surface area contributed by atoms with Crippen molar-refractivity contribution in [1.29, 1.82) is 0 Å². The van der Waals surface area contributed by atoms with Crippen LogP contribution in [0.25, 0.3) is 0 Å². The molecule has 0 aliphatic rings. The first-order valence-corrected chi connectivity index (χ1v) is 7.71. The van der Waals surface area contributed by atoms with Crippen LogP contribution in [0.5, 0.6) is 0 Å². The lowest BCUT2D eigenvalue weighted by atomic mass is 10.3. The lowest BCUT2D eigenvalue weighted by Crippen LogP contribution is -1.97. The van der Waals surface area contributed by atoms with Gasteiger partial charge in [-0.25, -0.2) is 13.4 Å². The monoisotopic (exact) mass is 268 g/mol. The molecule has 0 unspecified atom stereocenters. The van der Waals surface area contributed by atoms with E-state index in [0.717, 1.165) is 16.5 Å². The summed E-state index contributed by atoms with van der Waals surface area (Å²) in [5.74, 6) is 0. The van der Waals surface area contributed by atoms with Gasteiger partial charge in [0.25, 0.3) is 0 Å². The number of rotatable bonds is 3. The molecular weight excluding hydrogens is 256 g/mol. The lowest BCUT2D eigenvalue weighted by molar-refractivity contribution is 0.602. The van der Waals surface area contributed by atoms with Gasteiger partial charge in [-0.1, -0.05) is 0 Å². The number of hydrogen-bond acceptors (Lipinski definition) is 5. The molecule has 2 rings (SSSR count). The third-order valence-corrected chi connectivity index (χ3v) is 4.16. The number of aromatic nitrogens is 1.